The molecule has 1 heterocycles. The van der Waals surface area contributed by atoms with Crippen molar-refractivity contribution in [1.29, 1.82) is 0 Å². The third-order valence-electron chi connectivity index (χ3n) is 3.05. The minimum absolute atomic E-state index is 0.585. The third-order valence-corrected chi connectivity index (χ3v) is 3.05. The second-order valence-corrected chi connectivity index (χ2v) is 4.70. The van der Waals surface area contributed by atoms with Crippen LogP contribution in [0.25, 0.3) is 0 Å². The van der Waals surface area contributed by atoms with Crippen molar-refractivity contribution in [2.24, 2.45) is 0 Å². The number of rotatable bonds is 5. The molecule has 86 valence electrons. The molecule has 0 aliphatic carbocycles. The maximum atomic E-state index is 5.32. The normalized spacial score (nSPS) is 22.9. The van der Waals surface area contributed by atoms with E-state index in [1.54, 1.807) is 0 Å². The Labute approximate surface area is 94.4 Å². The number of terminal acetylenes is 1. The van der Waals surface area contributed by atoms with Crippen LogP contribution in [0.2, 0.25) is 0 Å². The van der Waals surface area contributed by atoms with E-state index in [4.69, 9.17) is 6.42 Å². The fraction of sp³-hybridized carbons (Fsp3) is 0.846. The number of nitrogens with zero attached hydrogens (tertiary/aromatic N) is 1. The van der Waals surface area contributed by atoms with Crippen LogP contribution in [-0.4, -0.2) is 36.6 Å². The molecule has 1 N–H and O–H groups in total. The second kappa shape index (κ2) is 6.87. The van der Waals surface area contributed by atoms with Crippen molar-refractivity contribution in [1.82, 2.24) is 10.2 Å². The summed E-state index contributed by atoms with van der Waals surface area (Å²) in [7, 11) is 0. The summed E-state index contributed by atoms with van der Waals surface area (Å²) >= 11 is 0. The highest BCUT2D eigenvalue weighted by atomic mass is 15.2. The van der Waals surface area contributed by atoms with Gasteiger partial charge in [-0.25, -0.2) is 0 Å². The van der Waals surface area contributed by atoms with E-state index in [1.807, 2.05) is 0 Å². The molecule has 0 radical (unpaired) electrons. The predicted octanol–water partition coefficient (Wildman–Crippen LogP) is 1.86. The predicted molar refractivity (Wildman–Crippen MR) is 65.8 cm³/mol. The van der Waals surface area contributed by atoms with E-state index in [-0.39, 0.29) is 0 Å². The zero-order valence-electron chi connectivity index (χ0n) is 10.1. The van der Waals surface area contributed by atoms with E-state index in [9.17, 15) is 0 Å². The first-order chi connectivity index (χ1) is 7.24. The molecule has 0 spiro atoms. The minimum atomic E-state index is 0.585. The smallest absolute Gasteiger partial charge is 0.0221 e. The Morgan fingerprint density at radius 2 is 2.27 bits per heavy atom. The largest absolute Gasteiger partial charge is 0.313 e. The van der Waals surface area contributed by atoms with E-state index in [1.165, 1.54) is 25.8 Å². The van der Waals surface area contributed by atoms with Gasteiger partial charge < -0.3 is 5.32 Å². The molecule has 0 amide bonds. The molecule has 15 heavy (non-hydrogen) atoms. The zero-order valence-corrected chi connectivity index (χ0v) is 10.1. The van der Waals surface area contributed by atoms with Gasteiger partial charge in [0, 0.05) is 31.6 Å². The van der Waals surface area contributed by atoms with Crippen LogP contribution in [-0.2, 0) is 0 Å². The van der Waals surface area contributed by atoms with Gasteiger partial charge in [0.05, 0.1) is 0 Å². The highest BCUT2D eigenvalue weighted by molar-refractivity contribution is 4.87. The molecule has 0 bridgehead atoms. The van der Waals surface area contributed by atoms with Crippen molar-refractivity contribution in [3.8, 4) is 12.3 Å². The van der Waals surface area contributed by atoms with E-state index >= 15 is 0 Å². The summed E-state index contributed by atoms with van der Waals surface area (Å²) in [6.07, 6.45) is 10.2. The number of piperidine rings is 1. The quantitative estimate of drug-likeness (QED) is 0.694. The van der Waals surface area contributed by atoms with Crippen LogP contribution in [0.1, 0.15) is 39.5 Å². The average molecular weight is 208 g/mol. The molecule has 1 rings (SSSR count). The van der Waals surface area contributed by atoms with Crippen molar-refractivity contribution in [2.75, 3.05) is 19.6 Å². The molecule has 0 aromatic heterocycles. The van der Waals surface area contributed by atoms with Crippen LogP contribution < -0.4 is 5.32 Å². The lowest BCUT2D eigenvalue weighted by atomic mass is 10.0. The summed E-state index contributed by atoms with van der Waals surface area (Å²) in [6.45, 7) is 7.82. The van der Waals surface area contributed by atoms with Crippen molar-refractivity contribution in [3.05, 3.63) is 0 Å². The molecule has 2 heteroatoms. The SMILES string of the molecule is C#CCCN1CCCCC1CNC(C)C. The highest BCUT2D eigenvalue weighted by Gasteiger charge is 2.21. The maximum absolute atomic E-state index is 5.32. The van der Waals surface area contributed by atoms with Gasteiger partial charge in [-0.15, -0.1) is 12.3 Å². The molecule has 0 saturated carbocycles. The molecular weight excluding hydrogens is 184 g/mol. The van der Waals surface area contributed by atoms with E-state index in [2.05, 4.69) is 30.0 Å². The molecule has 1 atom stereocenters. The molecule has 0 aromatic rings. The molecule has 1 aliphatic rings. The summed E-state index contributed by atoms with van der Waals surface area (Å²) in [6, 6.07) is 1.29. The van der Waals surface area contributed by atoms with Crippen LogP contribution in [0.5, 0.6) is 0 Å². The van der Waals surface area contributed by atoms with Gasteiger partial charge in [-0.05, 0) is 19.4 Å². The van der Waals surface area contributed by atoms with Gasteiger partial charge in [0.2, 0.25) is 0 Å². The Bertz CT molecular complexity index is 205. The Morgan fingerprint density at radius 1 is 1.47 bits per heavy atom. The van der Waals surface area contributed by atoms with E-state index in [0.717, 1.165) is 19.5 Å². The molecule has 1 saturated heterocycles. The third kappa shape index (κ3) is 4.68. The first kappa shape index (κ1) is 12.5. The first-order valence-corrected chi connectivity index (χ1v) is 6.15. The lowest BCUT2D eigenvalue weighted by molar-refractivity contribution is 0.147. The van der Waals surface area contributed by atoms with Crippen molar-refractivity contribution in [3.63, 3.8) is 0 Å². The lowest BCUT2D eigenvalue weighted by Gasteiger charge is -2.36. The monoisotopic (exact) mass is 208 g/mol. The summed E-state index contributed by atoms with van der Waals surface area (Å²) in [5.74, 6) is 2.74. The van der Waals surface area contributed by atoms with Crippen LogP contribution in [0, 0.1) is 12.3 Å². The lowest BCUT2D eigenvalue weighted by Crippen LogP contribution is -2.47. The van der Waals surface area contributed by atoms with Crippen molar-refractivity contribution < 1.29 is 0 Å². The highest BCUT2D eigenvalue weighted by Crippen LogP contribution is 2.16. The minimum Gasteiger partial charge on any atom is -0.313 e. The maximum Gasteiger partial charge on any atom is 0.0221 e. The number of hydrogen-bond acceptors (Lipinski definition) is 2. The van der Waals surface area contributed by atoms with Gasteiger partial charge in [-0.1, -0.05) is 20.3 Å². The van der Waals surface area contributed by atoms with Crippen LogP contribution in [0.4, 0.5) is 0 Å². The molecule has 1 fully saturated rings. The fourth-order valence-corrected chi connectivity index (χ4v) is 2.17. The van der Waals surface area contributed by atoms with E-state index < -0.39 is 0 Å². The summed E-state index contributed by atoms with van der Waals surface area (Å²) < 4.78 is 0. The van der Waals surface area contributed by atoms with Gasteiger partial charge in [0.25, 0.3) is 0 Å². The van der Waals surface area contributed by atoms with Crippen LogP contribution in [0.3, 0.4) is 0 Å². The van der Waals surface area contributed by atoms with Gasteiger partial charge in [0.1, 0.15) is 0 Å². The Kier molecular flexibility index (Phi) is 5.75. The molecule has 2 nitrogen and oxygen atoms in total. The van der Waals surface area contributed by atoms with Gasteiger partial charge in [-0.2, -0.15) is 0 Å². The summed E-state index contributed by atoms with van der Waals surface area (Å²) in [4.78, 5) is 2.55. The Morgan fingerprint density at radius 3 is 2.93 bits per heavy atom. The van der Waals surface area contributed by atoms with Crippen LogP contribution >= 0.6 is 0 Å². The zero-order chi connectivity index (χ0) is 11.1. The molecule has 1 aliphatic heterocycles. The molecule has 1 unspecified atom stereocenters. The fourth-order valence-electron chi connectivity index (χ4n) is 2.17. The standard InChI is InChI=1S/C13H24N2/c1-4-5-9-15-10-7-6-8-13(15)11-14-12(2)3/h1,12-14H,5-11H2,2-3H3. The first-order valence-electron chi connectivity index (χ1n) is 6.15. The van der Waals surface area contributed by atoms with Crippen molar-refractivity contribution in [2.45, 2.75) is 51.6 Å². The van der Waals surface area contributed by atoms with Gasteiger partial charge >= 0.3 is 0 Å². The topological polar surface area (TPSA) is 15.3 Å². The summed E-state index contributed by atoms with van der Waals surface area (Å²) in [5.41, 5.74) is 0. The van der Waals surface area contributed by atoms with Gasteiger partial charge in [-0.3, -0.25) is 4.90 Å². The molecule has 0 aromatic carbocycles. The summed E-state index contributed by atoms with van der Waals surface area (Å²) in [5, 5.41) is 3.53. The average Bonchev–Trinajstić information content (AvgIpc) is 2.24. The van der Waals surface area contributed by atoms with Crippen molar-refractivity contribution >= 4 is 0 Å². The van der Waals surface area contributed by atoms with Crippen LogP contribution in [0.15, 0.2) is 0 Å². The Hall–Kier alpha value is -0.520. The number of nitrogens with one attached hydrogen (secondary N) is 1. The van der Waals surface area contributed by atoms with E-state index in [0.29, 0.717) is 12.1 Å². The molecular formula is C13H24N2. The second-order valence-electron chi connectivity index (χ2n) is 4.70. The number of hydrogen-bond donors (Lipinski definition) is 1. The Balaban J connectivity index is 2.32. The number of likely N-dealkylation sites (tertiary alicyclic amines) is 1. The van der Waals surface area contributed by atoms with Gasteiger partial charge in [0.15, 0.2) is 0 Å².